The minimum atomic E-state index is 0.425. The second-order valence-electron chi connectivity index (χ2n) is 4.35. The van der Waals surface area contributed by atoms with Crippen molar-refractivity contribution < 1.29 is 0 Å². The molecule has 1 aromatic heterocycles. The highest BCUT2D eigenvalue weighted by Gasteiger charge is 2.23. The van der Waals surface area contributed by atoms with E-state index in [0.717, 1.165) is 6.54 Å². The van der Waals surface area contributed by atoms with Gasteiger partial charge in [0.05, 0.1) is 0 Å². The lowest BCUT2D eigenvalue weighted by molar-refractivity contribution is 0.285. The second kappa shape index (κ2) is 5.52. The molecule has 1 nitrogen and oxygen atoms in total. The lowest BCUT2D eigenvalue weighted by Crippen LogP contribution is -2.31. The summed E-state index contributed by atoms with van der Waals surface area (Å²) in [6.45, 7) is 5.76. The summed E-state index contributed by atoms with van der Waals surface area (Å²) >= 11 is 1.87. The van der Waals surface area contributed by atoms with Crippen LogP contribution in [0.2, 0.25) is 0 Å². The van der Waals surface area contributed by atoms with Crippen LogP contribution in [0.25, 0.3) is 0 Å². The topological polar surface area (TPSA) is 12.0 Å². The Balaban J connectivity index is 2.58. The van der Waals surface area contributed by atoms with Crippen LogP contribution in [-0.2, 0) is 6.42 Å². The Bertz CT molecular complexity index is 235. The van der Waals surface area contributed by atoms with Gasteiger partial charge in [0, 0.05) is 11.4 Å². The highest BCUT2D eigenvalue weighted by Crippen LogP contribution is 2.29. The van der Waals surface area contributed by atoms with Crippen LogP contribution < -0.4 is 5.32 Å². The lowest BCUT2D eigenvalue weighted by Gasteiger charge is -2.28. The molecule has 1 atom stereocenters. The summed E-state index contributed by atoms with van der Waals surface area (Å²) in [6, 6.07) is 4.39. The molecular weight excluding hydrogens is 190 g/mol. The standard InChI is InChI=1S/C12H21NS/c1-4-7-12(2,10-13-3)9-11-6-5-8-14-11/h5-6,8,13H,4,7,9-10H2,1-3H3. The van der Waals surface area contributed by atoms with E-state index in [1.807, 2.05) is 18.4 Å². The van der Waals surface area contributed by atoms with Crippen molar-refractivity contribution in [2.45, 2.75) is 33.1 Å². The van der Waals surface area contributed by atoms with Crippen molar-refractivity contribution in [2.75, 3.05) is 13.6 Å². The highest BCUT2D eigenvalue weighted by molar-refractivity contribution is 7.09. The molecule has 0 fully saturated rings. The zero-order valence-corrected chi connectivity index (χ0v) is 10.3. The Kier molecular flexibility index (Phi) is 4.63. The maximum Gasteiger partial charge on any atom is 0.00511 e. The summed E-state index contributed by atoms with van der Waals surface area (Å²) in [5, 5.41) is 5.48. The monoisotopic (exact) mass is 211 g/mol. The molecule has 1 N–H and O–H groups in total. The molecule has 14 heavy (non-hydrogen) atoms. The van der Waals surface area contributed by atoms with Gasteiger partial charge in [-0.1, -0.05) is 26.3 Å². The van der Waals surface area contributed by atoms with Crippen LogP contribution in [0.15, 0.2) is 17.5 Å². The molecule has 1 heterocycles. The molecule has 2 heteroatoms. The maximum atomic E-state index is 3.31. The Morgan fingerprint density at radius 2 is 2.29 bits per heavy atom. The largest absolute Gasteiger partial charge is 0.319 e. The number of thiophene rings is 1. The summed E-state index contributed by atoms with van der Waals surface area (Å²) < 4.78 is 0. The predicted octanol–water partition coefficient (Wildman–Crippen LogP) is 3.32. The smallest absolute Gasteiger partial charge is 0.00511 e. The van der Waals surface area contributed by atoms with E-state index in [1.165, 1.54) is 24.1 Å². The van der Waals surface area contributed by atoms with E-state index in [-0.39, 0.29) is 0 Å². The van der Waals surface area contributed by atoms with E-state index >= 15 is 0 Å². The van der Waals surface area contributed by atoms with Gasteiger partial charge in [0.1, 0.15) is 0 Å². The first kappa shape index (κ1) is 11.7. The number of nitrogens with one attached hydrogen (secondary N) is 1. The number of rotatable bonds is 6. The van der Waals surface area contributed by atoms with Crippen molar-refractivity contribution in [1.29, 1.82) is 0 Å². The normalized spacial score (nSPS) is 15.4. The van der Waals surface area contributed by atoms with Crippen LogP contribution in [-0.4, -0.2) is 13.6 Å². The van der Waals surface area contributed by atoms with Gasteiger partial charge in [-0.25, -0.2) is 0 Å². The van der Waals surface area contributed by atoms with Gasteiger partial charge in [0.15, 0.2) is 0 Å². The first-order valence-electron chi connectivity index (χ1n) is 5.37. The first-order valence-corrected chi connectivity index (χ1v) is 6.25. The third-order valence-corrected chi connectivity index (χ3v) is 3.51. The van der Waals surface area contributed by atoms with Gasteiger partial charge >= 0.3 is 0 Å². The van der Waals surface area contributed by atoms with Crippen LogP contribution in [0.4, 0.5) is 0 Å². The van der Waals surface area contributed by atoms with Gasteiger partial charge in [-0.15, -0.1) is 11.3 Å². The van der Waals surface area contributed by atoms with Crippen LogP contribution in [0, 0.1) is 5.41 Å². The average Bonchev–Trinajstić information content (AvgIpc) is 2.57. The molecule has 0 spiro atoms. The van der Waals surface area contributed by atoms with Gasteiger partial charge in [-0.3, -0.25) is 0 Å². The molecule has 80 valence electrons. The molecule has 0 aliphatic rings. The molecule has 1 rings (SSSR count). The van der Waals surface area contributed by atoms with E-state index in [0.29, 0.717) is 5.41 Å². The third kappa shape index (κ3) is 3.43. The molecule has 0 saturated heterocycles. The quantitative estimate of drug-likeness (QED) is 0.761. The number of hydrogen-bond acceptors (Lipinski definition) is 2. The van der Waals surface area contributed by atoms with Crippen molar-refractivity contribution in [3.8, 4) is 0 Å². The van der Waals surface area contributed by atoms with Crippen molar-refractivity contribution >= 4 is 11.3 Å². The fourth-order valence-electron chi connectivity index (χ4n) is 2.10. The molecule has 0 saturated carbocycles. The zero-order chi connectivity index (χ0) is 10.4. The van der Waals surface area contributed by atoms with E-state index in [2.05, 4.69) is 36.7 Å². The maximum absolute atomic E-state index is 3.31. The van der Waals surface area contributed by atoms with Gasteiger partial charge in [0.2, 0.25) is 0 Å². The Morgan fingerprint density at radius 3 is 2.79 bits per heavy atom. The van der Waals surface area contributed by atoms with Crippen LogP contribution in [0.3, 0.4) is 0 Å². The Morgan fingerprint density at radius 1 is 1.50 bits per heavy atom. The summed E-state index contributed by atoms with van der Waals surface area (Å²) in [5.74, 6) is 0. The van der Waals surface area contributed by atoms with Gasteiger partial charge in [-0.2, -0.15) is 0 Å². The van der Waals surface area contributed by atoms with Crippen LogP contribution >= 0.6 is 11.3 Å². The second-order valence-corrected chi connectivity index (χ2v) is 5.38. The Labute approximate surface area is 91.5 Å². The minimum Gasteiger partial charge on any atom is -0.319 e. The Hall–Kier alpha value is -0.340. The summed E-state index contributed by atoms with van der Waals surface area (Å²) in [7, 11) is 2.04. The van der Waals surface area contributed by atoms with Gasteiger partial charge in [0.25, 0.3) is 0 Å². The molecule has 1 unspecified atom stereocenters. The molecule has 0 aromatic carbocycles. The predicted molar refractivity (Wildman–Crippen MR) is 65.0 cm³/mol. The van der Waals surface area contributed by atoms with E-state index in [9.17, 15) is 0 Å². The zero-order valence-electron chi connectivity index (χ0n) is 9.47. The van der Waals surface area contributed by atoms with Crippen molar-refractivity contribution in [1.82, 2.24) is 5.32 Å². The van der Waals surface area contributed by atoms with E-state index < -0.39 is 0 Å². The molecule has 1 aromatic rings. The van der Waals surface area contributed by atoms with Crippen LogP contribution in [0.5, 0.6) is 0 Å². The summed E-state index contributed by atoms with van der Waals surface area (Å²) in [6.07, 6.45) is 3.77. The van der Waals surface area contributed by atoms with Crippen molar-refractivity contribution in [3.05, 3.63) is 22.4 Å². The van der Waals surface area contributed by atoms with Crippen molar-refractivity contribution in [3.63, 3.8) is 0 Å². The third-order valence-electron chi connectivity index (χ3n) is 2.64. The average molecular weight is 211 g/mol. The summed E-state index contributed by atoms with van der Waals surface area (Å²) in [4.78, 5) is 1.51. The van der Waals surface area contributed by atoms with E-state index in [4.69, 9.17) is 0 Å². The molecule has 0 aliphatic carbocycles. The molecule has 0 radical (unpaired) electrons. The molecule has 0 amide bonds. The van der Waals surface area contributed by atoms with Gasteiger partial charge in [-0.05, 0) is 36.8 Å². The summed E-state index contributed by atoms with van der Waals surface area (Å²) in [5.41, 5.74) is 0.425. The fourth-order valence-corrected chi connectivity index (χ4v) is 3.02. The SMILES string of the molecule is CCCC(C)(CNC)Cc1cccs1. The molecule has 0 bridgehead atoms. The van der Waals surface area contributed by atoms with Crippen LogP contribution in [0.1, 0.15) is 31.6 Å². The van der Waals surface area contributed by atoms with E-state index in [1.54, 1.807) is 0 Å². The lowest BCUT2D eigenvalue weighted by atomic mass is 9.82. The van der Waals surface area contributed by atoms with Crippen molar-refractivity contribution in [2.24, 2.45) is 5.41 Å². The molecular formula is C12H21NS. The first-order chi connectivity index (χ1) is 6.70. The highest BCUT2D eigenvalue weighted by atomic mass is 32.1. The van der Waals surface area contributed by atoms with Gasteiger partial charge < -0.3 is 5.32 Å². The minimum absolute atomic E-state index is 0.425. The number of hydrogen-bond donors (Lipinski definition) is 1. The fraction of sp³-hybridized carbons (Fsp3) is 0.667. The molecule has 0 aliphatic heterocycles.